The Morgan fingerprint density at radius 2 is 2.06 bits per heavy atom. The molecule has 2 aromatic rings. The largest absolute Gasteiger partial charge is 0.444 e. The van der Waals surface area contributed by atoms with Gasteiger partial charge in [0.2, 0.25) is 5.91 Å². The molecule has 2 aliphatic rings. The van der Waals surface area contributed by atoms with Gasteiger partial charge in [-0.05, 0) is 44.9 Å². The zero-order valence-electron chi connectivity index (χ0n) is 19.6. The van der Waals surface area contributed by atoms with Crippen molar-refractivity contribution in [3.05, 3.63) is 54.1 Å². The maximum absolute atomic E-state index is 12.5. The van der Waals surface area contributed by atoms with Crippen molar-refractivity contribution in [2.45, 2.75) is 39.3 Å². The summed E-state index contributed by atoms with van der Waals surface area (Å²) in [6, 6.07) is 3.61. The minimum atomic E-state index is -0.515. The molecule has 34 heavy (non-hydrogen) atoms. The van der Waals surface area contributed by atoms with Crippen LogP contribution in [0.4, 0.5) is 10.6 Å². The molecule has 0 unspecified atom stereocenters. The minimum Gasteiger partial charge on any atom is -0.444 e. The molecule has 0 saturated carbocycles. The van der Waals surface area contributed by atoms with E-state index in [4.69, 9.17) is 4.74 Å². The summed E-state index contributed by atoms with van der Waals surface area (Å²) in [5.74, 6) is 0.242. The van der Waals surface area contributed by atoms with Gasteiger partial charge in [0, 0.05) is 55.6 Å². The highest BCUT2D eigenvalue weighted by molar-refractivity contribution is 5.89. The molecule has 0 aromatic carbocycles. The summed E-state index contributed by atoms with van der Waals surface area (Å²) >= 11 is 0. The number of carbonyl (C=O) groups excluding carboxylic acids is 2. The maximum Gasteiger partial charge on any atom is 0.410 e. The molecular formula is C24H29N7O3. The second kappa shape index (κ2) is 9.90. The lowest BCUT2D eigenvalue weighted by molar-refractivity contribution is -0.116. The van der Waals surface area contributed by atoms with Crippen LogP contribution >= 0.6 is 0 Å². The van der Waals surface area contributed by atoms with E-state index in [9.17, 15) is 9.59 Å². The van der Waals surface area contributed by atoms with Gasteiger partial charge in [-0.3, -0.25) is 14.5 Å². The Labute approximate surface area is 198 Å². The fourth-order valence-electron chi connectivity index (χ4n) is 3.54. The summed E-state index contributed by atoms with van der Waals surface area (Å²) < 4.78 is 7.02. The molecule has 2 amide bonds. The standard InChI is InChI=1S/C24H29N7O3/c1-24(2,3)34-23(33)30-10-6-17(7-11-30)19-13-28-31(15-19)16-22(32)29-21-5-4-18(12-27-21)20-14-25-8-9-26-20/h4-6,9,12-15,25H,7-8,10-11,16H2,1-3H3,(H,27,29,32). The molecule has 0 saturated heterocycles. The predicted molar refractivity (Wildman–Crippen MR) is 130 cm³/mol. The van der Waals surface area contributed by atoms with Gasteiger partial charge in [0.05, 0.1) is 11.9 Å². The van der Waals surface area contributed by atoms with Crippen molar-refractivity contribution in [3.63, 3.8) is 0 Å². The quantitative estimate of drug-likeness (QED) is 0.705. The van der Waals surface area contributed by atoms with E-state index in [1.54, 1.807) is 34.3 Å². The maximum atomic E-state index is 12.5. The zero-order chi connectivity index (χ0) is 24.1. The van der Waals surface area contributed by atoms with Crippen LogP contribution in [0.15, 0.2) is 48.0 Å². The van der Waals surface area contributed by atoms with Crippen LogP contribution in [-0.2, 0) is 16.1 Å². The van der Waals surface area contributed by atoms with Gasteiger partial charge in [0.25, 0.3) is 0 Å². The number of hydrogen-bond donors (Lipinski definition) is 2. The van der Waals surface area contributed by atoms with Gasteiger partial charge in [-0.15, -0.1) is 0 Å². The van der Waals surface area contributed by atoms with Gasteiger partial charge < -0.3 is 20.3 Å². The topological polar surface area (TPSA) is 114 Å². The van der Waals surface area contributed by atoms with E-state index in [0.717, 1.165) is 22.4 Å². The lowest BCUT2D eigenvalue weighted by atomic mass is 10.0. The molecule has 2 N–H and O–H groups in total. The number of amides is 2. The number of aliphatic imine (C=N–C) groups is 1. The third kappa shape index (κ3) is 6.09. The van der Waals surface area contributed by atoms with Crippen molar-refractivity contribution < 1.29 is 14.3 Å². The van der Waals surface area contributed by atoms with Crippen LogP contribution < -0.4 is 10.6 Å². The third-order valence-corrected chi connectivity index (χ3v) is 5.18. The molecule has 10 heteroatoms. The first-order valence-electron chi connectivity index (χ1n) is 11.2. The van der Waals surface area contributed by atoms with Crippen LogP contribution in [0.25, 0.3) is 11.3 Å². The highest BCUT2D eigenvalue weighted by atomic mass is 16.6. The summed E-state index contributed by atoms with van der Waals surface area (Å²) in [5.41, 5.74) is 3.18. The lowest BCUT2D eigenvalue weighted by Gasteiger charge is -2.29. The van der Waals surface area contributed by atoms with Crippen LogP contribution in [0, 0.1) is 0 Å². The highest BCUT2D eigenvalue weighted by Gasteiger charge is 2.24. The normalized spacial score (nSPS) is 15.8. The van der Waals surface area contributed by atoms with Crippen LogP contribution in [-0.4, -0.2) is 63.1 Å². The van der Waals surface area contributed by atoms with Crippen LogP contribution in [0.3, 0.4) is 0 Å². The molecule has 0 radical (unpaired) electrons. The van der Waals surface area contributed by atoms with Gasteiger partial charge >= 0.3 is 6.09 Å². The fraction of sp³-hybridized carbons (Fsp3) is 0.375. The summed E-state index contributed by atoms with van der Waals surface area (Å²) in [4.78, 5) is 35.0. The van der Waals surface area contributed by atoms with Crippen molar-refractivity contribution in [2.75, 3.05) is 25.0 Å². The second-order valence-electron chi connectivity index (χ2n) is 9.06. The van der Waals surface area contributed by atoms with Crippen molar-refractivity contribution in [1.82, 2.24) is 25.0 Å². The molecule has 0 spiro atoms. The number of aromatic nitrogens is 3. The van der Waals surface area contributed by atoms with Gasteiger partial charge in [0.1, 0.15) is 18.0 Å². The monoisotopic (exact) mass is 463 g/mol. The van der Waals surface area contributed by atoms with E-state index in [2.05, 4.69) is 25.7 Å². The van der Waals surface area contributed by atoms with E-state index in [1.165, 1.54) is 0 Å². The van der Waals surface area contributed by atoms with Gasteiger partial charge in [-0.1, -0.05) is 6.08 Å². The molecule has 2 aliphatic heterocycles. The summed E-state index contributed by atoms with van der Waals surface area (Å²) in [5, 5.41) is 10.2. The zero-order valence-corrected chi connectivity index (χ0v) is 19.6. The predicted octanol–water partition coefficient (Wildman–Crippen LogP) is 2.91. The minimum absolute atomic E-state index is 0.0696. The summed E-state index contributed by atoms with van der Waals surface area (Å²) in [6.45, 7) is 7.40. The van der Waals surface area contributed by atoms with Crippen LogP contribution in [0.2, 0.25) is 0 Å². The molecule has 0 atom stereocenters. The number of rotatable bonds is 5. The molecule has 4 rings (SSSR count). The number of pyridine rings is 1. The Hall–Kier alpha value is -3.95. The first-order chi connectivity index (χ1) is 16.3. The molecule has 4 heterocycles. The van der Waals surface area contributed by atoms with E-state index in [1.807, 2.05) is 45.3 Å². The smallest absolute Gasteiger partial charge is 0.410 e. The van der Waals surface area contributed by atoms with Crippen molar-refractivity contribution in [3.8, 4) is 0 Å². The second-order valence-corrected chi connectivity index (χ2v) is 9.06. The lowest BCUT2D eigenvalue weighted by Crippen LogP contribution is -2.39. The molecule has 178 valence electrons. The van der Waals surface area contributed by atoms with Crippen molar-refractivity contribution in [2.24, 2.45) is 4.99 Å². The molecule has 0 fully saturated rings. The number of nitrogens with one attached hydrogen (secondary N) is 2. The number of nitrogens with zero attached hydrogens (tertiary/aromatic N) is 5. The van der Waals surface area contributed by atoms with E-state index >= 15 is 0 Å². The van der Waals surface area contributed by atoms with Gasteiger partial charge in [-0.2, -0.15) is 5.10 Å². The van der Waals surface area contributed by atoms with Crippen LogP contribution in [0.5, 0.6) is 0 Å². The van der Waals surface area contributed by atoms with Crippen molar-refractivity contribution >= 4 is 35.3 Å². The SMILES string of the molecule is CC(C)(C)OC(=O)N1CC=C(c2cnn(CC(=O)Nc3ccc(C4=CNCC=N4)cn3)c2)CC1. The molecule has 0 aliphatic carbocycles. The average molecular weight is 464 g/mol. The van der Waals surface area contributed by atoms with E-state index in [0.29, 0.717) is 31.9 Å². The number of carbonyl (C=O) groups is 2. The number of hydrogen-bond acceptors (Lipinski definition) is 7. The first kappa shape index (κ1) is 23.2. The Balaban J connectivity index is 1.30. The van der Waals surface area contributed by atoms with Gasteiger partial charge in [-0.25, -0.2) is 9.78 Å². The summed E-state index contributed by atoms with van der Waals surface area (Å²) in [6.07, 6.45) is 11.3. The Morgan fingerprint density at radius 1 is 1.21 bits per heavy atom. The number of ether oxygens (including phenoxy) is 1. The van der Waals surface area contributed by atoms with Crippen LogP contribution in [0.1, 0.15) is 38.3 Å². The van der Waals surface area contributed by atoms with E-state index in [-0.39, 0.29) is 18.5 Å². The average Bonchev–Trinajstić information content (AvgIpc) is 3.27. The Bertz CT molecular complexity index is 1140. The molecule has 10 nitrogen and oxygen atoms in total. The summed E-state index contributed by atoms with van der Waals surface area (Å²) in [7, 11) is 0. The van der Waals surface area contributed by atoms with Crippen molar-refractivity contribution in [1.29, 1.82) is 0 Å². The van der Waals surface area contributed by atoms with Gasteiger partial charge in [0.15, 0.2) is 0 Å². The molecule has 0 bridgehead atoms. The third-order valence-electron chi connectivity index (χ3n) is 5.18. The number of anilines is 1. The molecular weight excluding hydrogens is 434 g/mol. The Kier molecular flexibility index (Phi) is 6.76. The first-order valence-corrected chi connectivity index (χ1v) is 11.2. The molecule has 2 aromatic heterocycles. The highest BCUT2D eigenvalue weighted by Crippen LogP contribution is 2.23. The Morgan fingerprint density at radius 3 is 2.71 bits per heavy atom. The fourth-order valence-corrected chi connectivity index (χ4v) is 3.54. The van der Waals surface area contributed by atoms with E-state index < -0.39 is 5.60 Å².